The average molecular weight is 352 g/mol. The van der Waals surface area contributed by atoms with Gasteiger partial charge in [-0.15, -0.1) is 10.2 Å². The monoisotopic (exact) mass is 352 g/mol. The van der Waals surface area contributed by atoms with E-state index in [1.54, 1.807) is 29.2 Å². The van der Waals surface area contributed by atoms with Crippen LogP contribution in [0.25, 0.3) is 0 Å². The standard InChI is InChI=1S/C14H20N6OS2/c1-3-19-4-6-20(7-5-19)13-15-11(8-12(21)16-13)9-22-14-18-17-10(2)23-14/h8H,3-7,9H2,1-2H3,(H,15,16,21). The van der Waals surface area contributed by atoms with E-state index in [4.69, 9.17) is 0 Å². The number of hydrogen-bond acceptors (Lipinski definition) is 8. The molecule has 2 aromatic heterocycles. The summed E-state index contributed by atoms with van der Waals surface area (Å²) in [7, 11) is 0. The number of piperazine rings is 1. The van der Waals surface area contributed by atoms with E-state index in [0.717, 1.165) is 47.8 Å². The Kier molecular flexibility index (Phi) is 5.29. The molecule has 124 valence electrons. The van der Waals surface area contributed by atoms with Crippen molar-refractivity contribution >= 4 is 29.0 Å². The molecule has 2 aromatic rings. The summed E-state index contributed by atoms with van der Waals surface area (Å²) in [5.41, 5.74) is 0.677. The van der Waals surface area contributed by atoms with Gasteiger partial charge >= 0.3 is 0 Å². The van der Waals surface area contributed by atoms with Crippen molar-refractivity contribution in [3.8, 4) is 0 Å². The van der Waals surface area contributed by atoms with Crippen LogP contribution in [0, 0.1) is 6.92 Å². The van der Waals surface area contributed by atoms with Crippen LogP contribution in [0.1, 0.15) is 17.6 Å². The number of likely N-dealkylation sites (N-methyl/N-ethyl adjacent to an activating group) is 1. The third kappa shape index (κ3) is 4.30. The Labute approximate surface area is 143 Å². The molecule has 1 aliphatic heterocycles. The van der Waals surface area contributed by atoms with Gasteiger partial charge in [-0.3, -0.25) is 9.78 Å². The van der Waals surface area contributed by atoms with Crippen molar-refractivity contribution in [2.75, 3.05) is 37.6 Å². The molecule has 7 nitrogen and oxygen atoms in total. The smallest absolute Gasteiger partial charge is 0.252 e. The van der Waals surface area contributed by atoms with Gasteiger partial charge in [0, 0.05) is 38.0 Å². The Morgan fingerprint density at radius 1 is 1.30 bits per heavy atom. The van der Waals surface area contributed by atoms with Gasteiger partial charge in [0.2, 0.25) is 5.95 Å². The highest BCUT2D eigenvalue weighted by molar-refractivity contribution is 8.00. The number of hydrogen-bond donors (Lipinski definition) is 1. The number of aromatic amines is 1. The molecule has 3 heterocycles. The molecule has 1 fully saturated rings. The first-order valence-corrected chi connectivity index (χ1v) is 9.44. The Morgan fingerprint density at radius 2 is 2.09 bits per heavy atom. The van der Waals surface area contributed by atoms with Crippen molar-refractivity contribution in [1.29, 1.82) is 0 Å². The molecule has 23 heavy (non-hydrogen) atoms. The van der Waals surface area contributed by atoms with Gasteiger partial charge in [-0.25, -0.2) is 4.98 Å². The number of aryl methyl sites for hydroxylation is 1. The van der Waals surface area contributed by atoms with E-state index >= 15 is 0 Å². The first-order chi connectivity index (χ1) is 11.1. The summed E-state index contributed by atoms with van der Waals surface area (Å²) < 4.78 is 0.905. The maximum atomic E-state index is 11.9. The zero-order valence-electron chi connectivity index (χ0n) is 13.3. The minimum absolute atomic E-state index is 0.100. The van der Waals surface area contributed by atoms with Crippen molar-refractivity contribution in [2.24, 2.45) is 0 Å². The van der Waals surface area contributed by atoms with E-state index in [1.807, 2.05) is 6.92 Å². The van der Waals surface area contributed by atoms with Gasteiger partial charge < -0.3 is 9.80 Å². The van der Waals surface area contributed by atoms with Gasteiger partial charge in [0.1, 0.15) is 5.01 Å². The van der Waals surface area contributed by atoms with Crippen LogP contribution in [0.5, 0.6) is 0 Å². The number of aromatic nitrogens is 4. The Hall–Kier alpha value is -1.45. The molecule has 1 aliphatic rings. The second-order valence-electron chi connectivity index (χ2n) is 5.36. The first kappa shape index (κ1) is 16.4. The molecule has 3 rings (SSSR count). The fourth-order valence-corrected chi connectivity index (χ4v) is 4.17. The summed E-state index contributed by atoms with van der Waals surface area (Å²) in [6, 6.07) is 1.56. The number of rotatable bonds is 5. The predicted molar refractivity (Wildman–Crippen MR) is 93.4 cm³/mol. The van der Waals surface area contributed by atoms with Crippen molar-refractivity contribution in [3.05, 3.63) is 27.1 Å². The molecule has 0 aliphatic carbocycles. The lowest BCUT2D eigenvalue weighted by Crippen LogP contribution is -2.47. The molecule has 0 radical (unpaired) electrons. The molecular formula is C14H20N6OS2. The van der Waals surface area contributed by atoms with Crippen LogP contribution < -0.4 is 10.5 Å². The van der Waals surface area contributed by atoms with Gasteiger partial charge in [0.15, 0.2) is 4.34 Å². The van der Waals surface area contributed by atoms with Gasteiger partial charge in [0.25, 0.3) is 5.56 Å². The minimum atomic E-state index is -0.100. The number of H-pyrrole nitrogens is 1. The lowest BCUT2D eigenvalue weighted by atomic mass is 10.3. The molecule has 0 amide bonds. The van der Waals surface area contributed by atoms with Crippen LogP contribution in [-0.4, -0.2) is 57.8 Å². The lowest BCUT2D eigenvalue weighted by molar-refractivity contribution is 0.270. The number of anilines is 1. The molecule has 0 atom stereocenters. The van der Waals surface area contributed by atoms with Gasteiger partial charge in [-0.1, -0.05) is 30.0 Å². The number of nitrogens with zero attached hydrogens (tertiary/aromatic N) is 5. The first-order valence-electron chi connectivity index (χ1n) is 7.64. The molecule has 9 heteroatoms. The molecule has 1 N–H and O–H groups in total. The zero-order chi connectivity index (χ0) is 16.2. The van der Waals surface area contributed by atoms with Gasteiger partial charge in [-0.05, 0) is 13.5 Å². The van der Waals surface area contributed by atoms with E-state index in [0.29, 0.717) is 11.7 Å². The number of thioether (sulfide) groups is 1. The quantitative estimate of drug-likeness (QED) is 0.814. The van der Waals surface area contributed by atoms with E-state index in [9.17, 15) is 4.79 Å². The molecule has 0 unspecified atom stereocenters. The SMILES string of the molecule is CCN1CCN(c2nc(CSc3nnc(C)s3)cc(=O)[nH]2)CC1. The molecule has 0 saturated carbocycles. The number of nitrogens with one attached hydrogen (secondary N) is 1. The van der Waals surface area contributed by atoms with Crippen LogP contribution in [0.3, 0.4) is 0 Å². The Balaban J connectivity index is 1.68. The largest absolute Gasteiger partial charge is 0.340 e. The Bertz CT molecular complexity index is 707. The van der Waals surface area contributed by atoms with E-state index in [1.165, 1.54) is 0 Å². The molecule has 0 aromatic carbocycles. The highest BCUT2D eigenvalue weighted by Gasteiger charge is 2.18. The average Bonchev–Trinajstić information content (AvgIpc) is 2.98. The van der Waals surface area contributed by atoms with Crippen molar-refractivity contribution < 1.29 is 0 Å². The van der Waals surface area contributed by atoms with Gasteiger partial charge in [-0.2, -0.15) is 0 Å². The highest BCUT2D eigenvalue weighted by atomic mass is 32.2. The summed E-state index contributed by atoms with van der Waals surface area (Å²) in [5, 5.41) is 9.03. The van der Waals surface area contributed by atoms with Crippen LogP contribution in [0.4, 0.5) is 5.95 Å². The van der Waals surface area contributed by atoms with Crippen molar-refractivity contribution in [2.45, 2.75) is 23.9 Å². The molecule has 0 bridgehead atoms. The summed E-state index contributed by atoms with van der Waals surface area (Å²) in [6.45, 7) is 8.96. The highest BCUT2D eigenvalue weighted by Crippen LogP contribution is 2.25. The van der Waals surface area contributed by atoms with E-state index < -0.39 is 0 Å². The Morgan fingerprint density at radius 3 is 2.74 bits per heavy atom. The van der Waals surface area contributed by atoms with Crippen LogP contribution in [-0.2, 0) is 5.75 Å². The van der Waals surface area contributed by atoms with Crippen LogP contribution in [0.2, 0.25) is 0 Å². The second-order valence-corrected chi connectivity index (χ2v) is 7.76. The maximum Gasteiger partial charge on any atom is 0.252 e. The zero-order valence-corrected chi connectivity index (χ0v) is 14.9. The third-order valence-corrected chi connectivity index (χ3v) is 5.76. The predicted octanol–water partition coefficient (Wildman–Crippen LogP) is 1.36. The van der Waals surface area contributed by atoms with Crippen molar-refractivity contribution in [3.63, 3.8) is 0 Å². The lowest BCUT2D eigenvalue weighted by Gasteiger charge is -2.34. The third-order valence-electron chi connectivity index (χ3n) is 3.75. The second kappa shape index (κ2) is 7.41. The molecule has 1 saturated heterocycles. The minimum Gasteiger partial charge on any atom is -0.340 e. The fraction of sp³-hybridized carbons (Fsp3) is 0.571. The van der Waals surface area contributed by atoms with Gasteiger partial charge in [0.05, 0.1) is 5.69 Å². The topological polar surface area (TPSA) is 78.0 Å². The summed E-state index contributed by atoms with van der Waals surface area (Å²) in [6.07, 6.45) is 0. The van der Waals surface area contributed by atoms with Crippen molar-refractivity contribution in [1.82, 2.24) is 25.1 Å². The van der Waals surface area contributed by atoms with Crippen LogP contribution >= 0.6 is 23.1 Å². The van der Waals surface area contributed by atoms with E-state index in [2.05, 4.69) is 36.9 Å². The normalized spacial score (nSPS) is 16.0. The summed E-state index contributed by atoms with van der Waals surface area (Å²) in [4.78, 5) is 23.9. The van der Waals surface area contributed by atoms with E-state index in [-0.39, 0.29) is 5.56 Å². The molecule has 0 spiro atoms. The van der Waals surface area contributed by atoms with Crippen LogP contribution in [0.15, 0.2) is 15.2 Å². The maximum absolute atomic E-state index is 11.9. The molecular weight excluding hydrogens is 332 g/mol. The fourth-order valence-electron chi connectivity index (χ4n) is 2.47. The summed E-state index contributed by atoms with van der Waals surface area (Å²) >= 11 is 3.12. The summed E-state index contributed by atoms with van der Waals surface area (Å²) in [5.74, 6) is 1.30.